The van der Waals surface area contributed by atoms with Gasteiger partial charge in [0.15, 0.2) is 5.82 Å². The van der Waals surface area contributed by atoms with Crippen molar-refractivity contribution in [1.82, 2.24) is 24.7 Å². The van der Waals surface area contributed by atoms with Crippen molar-refractivity contribution in [1.29, 1.82) is 5.26 Å². The van der Waals surface area contributed by atoms with Crippen LogP contribution in [-0.2, 0) is 19.4 Å². The van der Waals surface area contributed by atoms with Crippen LogP contribution in [0, 0.1) is 11.3 Å². The topological polar surface area (TPSA) is 127 Å². The van der Waals surface area contributed by atoms with Gasteiger partial charge in [-0.3, -0.25) is 4.79 Å². The quantitative estimate of drug-likeness (QED) is 0.820. The fourth-order valence-corrected chi connectivity index (χ4v) is 2.37. The lowest BCUT2D eigenvalue weighted by Gasteiger charge is -2.13. The molecule has 24 heavy (non-hydrogen) atoms. The van der Waals surface area contributed by atoms with E-state index in [0.29, 0.717) is 30.2 Å². The third-order valence-electron chi connectivity index (χ3n) is 3.52. The number of nitriles is 1. The highest BCUT2D eigenvalue weighted by molar-refractivity contribution is 5.38. The van der Waals surface area contributed by atoms with Gasteiger partial charge in [-0.25, -0.2) is 4.68 Å². The average Bonchev–Trinajstić information content (AvgIpc) is 2.55. The summed E-state index contributed by atoms with van der Waals surface area (Å²) in [6.45, 7) is 3.86. The van der Waals surface area contributed by atoms with Crippen LogP contribution in [-0.4, -0.2) is 38.8 Å². The van der Waals surface area contributed by atoms with Gasteiger partial charge in [-0.2, -0.15) is 25.3 Å². The third-order valence-corrected chi connectivity index (χ3v) is 3.52. The summed E-state index contributed by atoms with van der Waals surface area (Å²) >= 11 is 0. The van der Waals surface area contributed by atoms with Crippen molar-refractivity contribution < 1.29 is 0 Å². The Hall–Kier alpha value is -3.02. The molecule has 2 N–H and O–H groups in total. The van der Waals surface area contributed by atoms with Crippen LogP contribution in [0.5, 0.6) is 0 Å². The van der Waals surface area contributed by atoms with E-state index >= 15 is 0 Å². The minimum atomic E-state index is -0.447. The standard InChI is InChI=1S/C15H20N8O/c1-5-9-10(7-16)13(24)23(21-11(9)6-2)8-12-18-14(17)20-15(19-12)22(3)4/h5-6,8H2,1-4H3,(H2,17,18,19,20). The molecule has 0 radical (unpaired) electrons. The Morgan fingerprint density at radius 2 is 1.92 bits per heavy atom. The minimum absolute atomic E-state index is 0.0259. The zero-order valence-electron chi connectivity index (χ0n) is 14.2. The predicted octanol–water partition coefficient (Wildman–Crippen LogP) is 0.121. The van der Waals surface area contributed by atoms with Gasteiger partial charge in [-0.05, 0) is 18.4 Å². The molecule has 0 spiro atoms. The highest BCUT2D eigenvalue weighted by Gasteiger charge is 2.16. The number of nitrogen functional groups attached to an aromatic ring is 1. The van der Waals surface area contributed by atoms with Crippen molar-refractivity contribution in [3.05, 3.63) is 33.0 Å². The predicted molar refractivity (Wildman–Crippen MR) is 89.6 cm³/mol. The van der Waals surface area contributed by atoms with Crippen molar-refractivity contribution >= 4 is 11.9 Å². The number of nitrogens with two attached hydrogens (primary N) is 1. The molecule has 0 amide bonds. The van der Waals surface area contributed by atoms with Gasteiger partial charge in [0.1, 0.15) is 18.2 Å². The molecule has 9 nitrogen and oxygen atoms in total. The van der Waals surface area contributed by atoms with Gasteiger partial charge in [-0.15, -0.1) is 0 Å². The lowest BCUT2D eigenvalue weighted by atomic mass is 10.0. The summed E-state index contributed by atoms with van der Waals surface area (Å²) in [5.74, 6) is 0.779. The van der Waals surface area contributed by atoms with Crippen LogP contribution in [0.2, 0.25) is 0 Å². The first kappa shape index (κ1) is 17.3. The summed E-state index contributed by atoms with van der Waals surface area (Å²) in [5.41, 5.74) is 6.80. The Morgan fingerprint density at radius 1 is 1.21 bits per heavy atom. The summed E-state index contributed by atoms with van der Waals surface area (Å²) in [6, 6.07) is 2.00. The fraction of sp³-hybridized carbons (Fsp3) is 0.467. The van der Waals surface area contributed by atoms with Gasteiger partial charge in [0.2, 0.25) is 11.9 Å². The largest absolute Gasteiger partial charge is 0.368 e. The lowest BCUT2D eigenvalue weighted by molar-refractivity contribution is 0.590. The maximum atomic E-state index is 12.5. The highest BCUT2D eigenvalue weighted by atomic mass is 16.1. The summed E-state index contributed by atoms with van der Waals surface area (Å²) < 4.78 is 1.21. The molecule has 2 aromatic heterocycles. The Balaban J connectivity index is 2.55. The average molecular weight is 328 g/mol. The van der Waals surface area contributed by atoms with Gasteiger partial charge in [0.05, 0.1) is 5.69 Å². The van der Waals surface area contributed by atoms with E-state index in [0.717, 1.165) is 5.69 Å². The maximum absolute atomic E-state index is 12.5. The monoisotopic (exact) mass is 328 g/mol. The second-order valence-corrected chi connectivity index (χ2v) is 5.39. The minimum Gasteiger partial charge on any atom is -0.368 e. The SMILES string of the molecule is CCc1nn(Cc2nc(N)nc(N(C)C)n2)c(=O)c(C#N)c1CC. The fourth-order valence-electron chi connectivity index (χ4n) is 2.37. The number of rotatable bonds is 5. The van der Waals surface area contributed by atoms with Crippen LogP contribution in [0.4, 0.5) is 11.9 Å². The molecule has 0 fully saturated rings. The molecular formula is C15H20N8O. The van der Waals surface area contributed by atoms with Crippen LogP contribution in [0.3, 0.4) is 0 Å². The second kappa shape index (κ2) is 7.04. The smallest absolute Gasteiger partial charge is 0.285 e. The van der Waals surface area contributed by atoms with Crippen molar-refractivity contribution in [2.75, 3.05) is 24.7 Å². The van der Waals surface area contributed by atoms with E-state index in [-0.39, 0.29) is 18.1 Å². The van der Waals surface area contributed by atoms with Crippen molar-refractivity contribution in [2.45, 2.75) is 33.2 Å². The van der Waals surface area contributed by atoms with Gasteiger partial charge < -0.3 is 10.6 Å². The van der Waals surface area contributed by atoms with Crippen molar-refractivity contribution in [3.63, 3.8) is 0 Å². The molecule has 126 valence electrons. The molecule has 0 aliphatic carbocycles. The molecule has 0 unspecified atom stereocenters. The Labute approximate surface area is 139 Å². The van der Waals surface area contributed by atoms with Gasteiger partial charge >= 0.3 is 0 Å². The highest BCUT2D eigenvalue weighted by Crippen LogP contribution is 2.11. The van der Waals surface area contributed by atoms with E-state index in [1.165, 1.54) is 4.68 Å². The van der Waals surface area contributed by atoms with Gasteiger partial charge in [0, 0.05) is 14.1 Å². The molecule has 0 aliphatic rings. The van der Waals surface area contributed by atoms with E-state index in [2.05, 4.69) is 20.1 Å². The molecule has 0 aliphatic heterocycles. The molecule has 0 atom stereocenters. The van der Waals surface area contributed by atoms with E-state index in [4.69, 9.17) is 5.73 Å². The molecule has 0 aromatic carbocycles. The number of aryl methyl sites for hydroxylation is 1. The molecular weight excluding hydrogens is 308 g/mol. The van der Waals surface area contributed by atoms with E-state index < -0.39 is 5.56 Å². The van der Waals surface area contributed by atoms with Crippen LogP contribution < -0.4 is 16.2 Å². The number of anilines is 2. The van der Waals surface area contributed by atoms with Crippen LogP contribution in [0.15, 0.2) is 4.79 Å². The zero-order valence-corrected chi connectivity index (χ0v) is 14.2. The first-order valence-electron chi connectivity index (χ1n) is 7.61. The maximum Gasteiger partial charge on any atom is 0.285 e. The van der Waals surface area contributed by atoms with Gasteiger partial charge in [0.25, 0.3) is 5.56 Å². The second-order valence-electron chi connectivity index (χ2n) is 5.39. The molecule has 0 saturated carbocycles. The van der Waals surface area contributed by atoms with Crippen LogP contribution in [0.25, 0.3) is 0 Å². The van der Waals surface area contributed by atoms with Crippen LogP contribution in [0.1, 0.15) is 36.5 Å². The lowest BCUT2D eigenvalue weighted by Crippen LogP contribution is -2.30. The third kappa shape index (κ3) is 3.32. The normalized spacial score (nSPS) is 10.5. The number of aromatic nitrogens is 5. The number of nitrogens with zero attached hydrogens (tertiary/aromatic N) is 7. The van der Waals surface area contributed by atoms with Crippen molar-refractivity contribution in [2.24, 2.45) is 0 Å². The first-order chi connectivity index (χ1) is 11.4. The molecule has 2 aromatic rings. The van der Waals surface area contributed by atoms with E-state index in [1.54, 1.807) is 19.0 Å². The number of hydrogen-bond donors (Lipinski definition) is 1. The Bertz CT molecular complexity index is 850. The molecule has 0 bridgehead atoms. The molecule has 2 rings (SSSR count). The summed E-state index contributed by atoms with van der Waals surface area (Å²) in [4.78, 5) is 26.5. The molecule has 9 heteroatoms. The molecule has 2 heterocycles. The zero-order chi connectivity index (χ0) is 17.9. The molecule has 0 saturated heterocycles. The van der Waals surface area contributed by atoms with Gasteiger partial charge in [-0.1, -0.05) is 13.8 Å². The van der Waals surface area contributed by atoms with Crippen LogP contribution >= 0.6 is 0 Å². The van der Waals surface area contributed by atoms with E-state index in [1.807, 2.05) is 19.9 Å². The summed E-state index contributed by atoms with van der Waals surface area (Å²) in [6.07, 6.45) is 1.21. The van der Waals surface area contributed by atoms with E-state index in [9.17, 15) is 10.1 Å². The summed E-state index contributed by atoms with van der Waals surface area (Å²) in [5, 5.41) is 13.7. The Kier molecular flexibility index (Phi) is 5.08. The Morgan fingerprint density at radius 3 is 2.46 bits per heavy atom. The number of hydrogen-bond acceptors (Lipinski definition) is 8. The summed E-state index contributed by atoms with van der Waals surface area (Å²) in [7, 11) is 3.56. The van der Waals surface area contributed by atoms with Crippen molar-refractivity contribution in [3.8, 4) is 6.07 Å². The first-order valence-corrected chi connectivity index (χ1v) is 7.61.